The van der Waals surface area contributed by atoms with E-state index in [1.807, 2.05) is 43.7 Å². The fraction of sp³-hybridized carbons (Fsp3) is 0.143. The fourth-order valence-electron chi connectivity index (χ4n) is 2.40. The van der Waals surface area contributed by atoms with Crippen LogP contribution in [0.25, 0.3) is 22.9 Å². The molecule has 0 radical (unpaired) electrons. The van der Waals surface area contributed by atoms with Gasteiger partial charge in [-0.1, -0.05) is 31.4 Å². The van der Waals surface area contributed by atoms with Gasteiger partial charge in [0, 0.05) is 40.2 Å². The zero-order valence-corrected chi connectivity index (χ0v) is 16.1. The van der Waals surface area contributed by atoms with Gasteiger partial charge in [-0.25, -0.2) is 4.98 Å². The molecule has 4 nitrogen and oxygen atoms in total. The number of ketones is 1. The molecular weight excluding hydrogens is 342 g/mol. The lowest BCUT2D eigenvalue weighted by atomic mass is 10.1. The van der Waals surface area contributed by atoms with Gasteiger partial charge in [-0.05, 0) is 38.6 Å². The summed E-state index contributed by atoms with van der Waals surface area (Å²) in [7, 11) is 0. The van der Waals surface area contributed by atoms with Crippen LogP contribution in [0.3, 0.4) is 0 Å². The molecule has 5 heteroatoms. The second kappa shape index (κ2) is 8.97. The van der Waals surface area contributed by atoms with Crippen molar-refractivity contribution in [2.24, 2.45) is 0 Å². The lowest BCUT2D eigenvalue weighted by molar-refractivity contribution is -0.113. The van der Waals surface area contributed by atoms with Gasteiger partial charge in [-0.3, -0.25) is 4.79 Å². The summed E-state index contributed by atoms with van der Waals surface area (Å²) in [4.78, 5) is 19.8. The van der Waals surface area contributed by atoms with Crippen molar-refractivity contribution in [2.75, 3.05) is 0 Å². The number of carbonyl (C=O) groups is 1. The highest BCUT2D eigenvalue weighted by molar-refractivity contribution is 7.11. The number of aryl methyl sites for hydroxylation is 1. The number of nitrogens with zero attached hydrogens (tertiary/aromatic N) is 1. The summed E-state index contributed by atoms with van der Waals surface area (Å²) in [5, 5.41) is 5.75. The Morgan fingerprint density at radius 2 is 2.12 bits per heavy atom. The van der Waals surface area contributed by atoms with Crippen LogP contribution >= 0.6 is 11.3 Å². The van der Waals surface area contributed by atoms with Crippen molar-refractivity contribution in [1.82, 2.24) is 15.3 Å². The van der Waals surface area contributed by atoms with Gasteiger partial charge in [0.1, 0.15) is 5.01 Å². The Labute approximate surface area is 158 Å². The third-order valence-electron chi connectivity index (χ3n) is 3.78. The molecular formula is C21H23N3OS. The quantitative estimate of drug-likeness (QED) is 0.496. The molecule has 0 amide bonds. The summed E-state index contributed by atoms with van der Waals surface area (Å²) in [6, 6.07) is 0. The topological polar surface area (TPSA) is 57.8 Å². The summed E-state index contributed by atoms with van der Waals surface area (Å²) in [5.74, 6) is -0.0198. The normalized spacial score (nSPS) is 12.4. The van der Waals surface area contributed by atoms with Crippen LogP contribution in [0, 0.1) is 6.92 Å². The van der Waals surface area contributed by atoms with Crippen molar-refractivity contribution < 1.29 is 4.79 Å². The molecule has 0 spiro atoms. The summed E-state index contributed by atoms with van der Waals surface area (Å²) >= 11 is 1.56. The smallest absolute Gasteiger partial charge is 0.161 e. The van der Waals surface area contributed by atoms with Gasteiger partial charge in [-0.2, -0.15) is 0 Å². The molecule has 2 aromatic rings. The van der Waals surface area contributed by atoms with Gasteiger partial charge < -0.3 is 10.3 Å². The number of nitrogens with one attached hydrogen (secondary N) is 2. The summed E-state index contributed by atoms with van der Waals surface area (Å²) < 4.78 is 0. The standard InChI is InChI=1S/C21H23N3OS/c1-6-8-9-18-15(4)23-12-19(18)20-13-26-21(24-20)14(3)10-17(16(5)25)11-22-7-2/h6-13,22-23H,1-2H2,3-5H3/b9-8-,14-10+,17-11+. The second-order valence-electron chi connectivity index (χ2n) is 5.73. The number of H-pyrrole nitrogens is 1. The predicted octanol–water partition coefficient (Wildman–Crippen LogP) is 5.26. The van der Waals surface area contributed by atoms with Crippen LogP contribution < -0.4 is 5.32 Å². The van der Waals surface area contributed by atoms with Gasteiger partial charge in [0.25, 0.3) is 0 Å². The molecule has 2 aromatic heterocycles. The van der Waals surface area contributed by atoms with E-state index >= 15 is 0 Å². The molecule has 0 atom stereocenters. The van der Waals surface area contributed by atoms with Gasteiger partial charge >= 0.3 is 0 Å². The number of Topliss-reactive ketones (excluding diaryl/α,β-unsaturated/α-hetero) is 1. The molecule has 0 saturated carbocycles. The van der Waals surface area contributed by atoms with Crippen LogP contribution in [0.5, 0.6) is 0 Å². The van der Waals surface area contributed by atoms with E-state index in [0.29, 0.717) is 5.57 Å². The van der Waals surface area contributed by atoms with Crippen LogP contribution in [0.1, 0.15) is 30.1 Å². The van der Waals surface area contributed by atoms with Crippen LogP contribution in [-0.4, -0.2) is 15.8 Å². The third kappa shape index (κ3) is 4.58. The first-order valence-corrected chi connectivity index (χ1v) is 9.05. The van der Waals surface area contributed by atoms with Crippen molar-refractivity contribution in [1.29, 1.82) is 0 Å². The monoisotopic (exact) mass is 365 g/mol. The Morgan fingerprint density at radius 1 is 1.35 bits per heavy atom. The zero-order chi connectivity index (χ0) is 19.1. The minimum Gasteiger partial charge on any atom is -0.368 e. The molecule has 0 unspecified atom stereocenters. The highest BCUT2D eigenvalue weighted by Gasteiger charge is 2.12. The Kier molecular flexibility index (Phi) is 6.69. The van der Waals surface area contributed by atoms with Crippen LogP contribution in [0.4, 0.5) is 0 Å². The van der Waals surface area contributed by atoms with Gasteiger partial charge in [0.2, 0.25) is 0 Å². The number of carbonyl (C=O) groups excluding carboxylic acids is 1. The lowest BCUT2D eigenvalue weighted by Crippen LogP contribution is -2.01. The van der Waals surface area contributed by atoms with E-state index < -0.39 is 0 Å². The summed E-state index contributed by atoms with van der Waals surface area (Å²) in [6.07, 6.45) is 12.7. The molecule has 0 fully saturated rings. The van der Waals surface area contributed by atoms with E-state index in [4.69, 9.17) is 4.98 Å². The Bertz CT molecular complexity index is 910. The molecule has 0 aromatic carbocycles. The number of rotatable bonds is 8. The van der Waals surface area contributed by atoms with Crippen molar-refractivity contribution in [3.8, 4) is 11.3 Å². The Morgan fingerprint density at radius 3 is 2.77 bits per heavy atom. The Hall–Kier alpha value is -2.92. The third-order valence-corrected chi connectivity index (χ3v) is 4.76. The largest absolute Gasteiger partial charge is 0.368 e. The molecule has 26 heavy (non-hydrogen) atoms. The highest BCUT2D eigenvalue weighted by atomic mass is 32.1. The highest BCUT2D eigenvalue weighted by Crippen LogP contribution is 2.31. The number of hydrogen-bond acceptors (Lipinski definition) is 4. The van der Waals surface area contributed by atoms with Gasteiger partial charge in [0.15, 0.2) is 5.78 Å². The molecule has 0 aliphatic heterocycles. The molecule has 0 aliphatic rings. The number of allylic oxidation sites excluding steroid dienone is 5. The molecule has 0 bridgehead atoms. The van der Waals surface area contributed by atoms with Crippen LogP contribution in [0.15, 0.2) is 60.9 Å². The maximum absolute atomic E-state index is 11.8. The number of aromatic nitrogens is 2. The van der Waals surface area contributed by atoms with Crippen molar-refractivity contribution in [2.45, 2.75) is 20.8 Å². The van der Waals surface area contributed by atoms with E-state index in [2.05, 4.69) is 23.5 Å². The zero-order valence-electron chi connectivity index (χ0n) is 15.3. The number of hydrogen-bond donors (Lipinski definition) is 2. The summed E-state index contributed by atoms with van der Waals surface area (Å²) in [6.45, 7) is 12.8. The molecule has 134 valence electrons. The first kappa shape index (κ1) is 19.4. The maximum atomic E-state index is 11.8. The Balaban J connectivity index is 2.37. The maximum Gasteiger partial charge on any atom is 0.161 e. The van der Waals surface area contributed by atoms with Crippen molar-refractivity contribution in [3.05, 3.63) is 77.2 Å². The number of thiazole rings is 1. The van der Waals surface area contributed by atoms with Crippen molar-refractivity contribution >= 4 is 28.8 Å². The van der Waals surface area contributed by atoms with Crippen molar-refractivity contribution in [3.63, 3.8) is 0 Å². The fourth-order valence-corrected chi connectivity index (χ4v) is 3.19. The number of aromatic amines is 1. The minimum absolute atomic E-state index is 0.0198. The first-order chi connectivity index (χ1) is 12.5. The van der Waals surface area contributed by atoms with E-state index in [0.717, 1.165) is 33.1 Å². The van der Waals surface area contributed by atoms with Crippen LogP contribution in [-0.2, 0) is 4.79 Å². The molecule has 2 rings (SSSR count). The van der Waals surface area contributed by atoms with E-state index in [9.17, 15) is 4.79 Å². The molecule has 0 saturated heterocycles. The average molecular weight is 366 g/mol. The van der Waals surface area contributed by atoms with E-state index in [-0.39, 0.29) is 5.78 Å². The SMILES string of the molecule is C=C/C=C\c1c(-c2csc(/C(C)=C/C(=C\NC=C)C(C)=O)n2)c[nH]c1C. The van der Waals surface area contributed by atoms with Gasteiger partial charge in [-0.15, -0.1) is 11.3 Å². The molecule has 2 heterocycles. The van der Waals surface area contributed by atoms with Gasteiger partial charge in [0.05, 0.1) is 5.69 Å². The second-order valence-corrected chi connectivity index (χ2v) is 6.59. The summed E-state index contributed by atoms with van der Waals surface area (Å²) in [5.41, 5.74) is 5.64. The van der Waals surface area contributed by atoms with Crippen LogP contribution in [0.2, 0.25) is 0 Å². The van der Waals surface area contributed by atoms with E-state index in [1.165, 1.54) is 13.1 Å². The minimum atomic E-state index is -0.0198. The lowest BCUT2D eigenvalue weighted by Gasteiger charge is -2.00. The first-order valence-electron chi connectivity index (χ1n) is 8.17. The average Bonchev–Trinajstić information content (AvgIpc) is 3.23. The predicted molar refractivity (Wildman–Crippen MR) is 112 cm³/mol. The molecule has 2 N–H and O–H groups in total. The molecule has 0 aliphatic carbocycles. The van der Waals surface area contributed by atoms with E-state index in [1.54, 1.807) is 23.6 Å².